The molecule has 0 spiro atoms. The lowest BCUT2D eigenvalue weighted by Crippen LogP contribution is -2.44. The summed E-state index contributed by atoms with van der Waals surface area (Å²) in [4.78, 5) is 22.5. The molecule has 0 aliphatic carbocycles. The Balaban J connectivity index is 1.83. The largest absolute Gasteiger partial charge is 0.493 e. The van der Waals surface area contributed by atoms with Crippen LogP contribution in [0, 0.1) is 0 Å². The number of aliphatic hydroxyl groups excluding tert-OH is 1. The second-order valence-electron chi connectivity index (χ2n) is 4.99. The zero-order chi connectivity index (χ0) is 17.0. The van der Waals surface area contributed by atoms with Crippen LogP contribution in [-0.4, -0.2) is 42.8 Å². The lowest BCUT2D eigenvalue weighted by atomic mass is 10.0. The molecule has 0 bridgehead atoms. The maximum absolute atomic E-state index is 11.9. The summed E-state index contributed by atoms with van der Waals surface area (Å²) in [6.07, 6.45) is -4.97. The number of hydrogen-bond donors (Lipinski definition) is 3. The molecule has 0 saturated carbocycles. The number of hydrogen-bond acceptors (Lipinski definition) is 4. The van der Waals surface area contributed by atoms with Gasteiger partial charge in [0.25, 0.3) is 0 Å². The van der Waals surface area contributed by atoms with Gasteiger partial charge in [-0.2, -0.15) is 13.2 Å². The van der Waals surface area contributed by atoms with Gasteiger partial charge in [-0.05, 0) is 23.3 Å². The van der Waals surface area contributed by atoms with Gasteiger partial charge in [-0.15, -0.1) is 0 Å². The molecule has 0 aromatic heterocycles. The third-order valence-electron chi connectivity index (χ3n) is 3.21. The number of alkyl halides is 3. The lowest BCUT2D eigenvalue weighted by Gasteiger charge is -2.13. The molecular formula is C14H15F3N2O4. The van der Waals surface area contributed by atoms with Crippen molar-refractivity contribution in [2.24, 2.45) is 0 Å². The molecule has 1 heterocycles. The van der Waals surface area contributed by atoms with Gasteiger partial charge >= 0.3 is 18.0 Å². The number of halogens is 3. The number of aliphatic hydroxyl groups is 1. The molecule has 1 aromatic rings. The lowest BCUT2D eigenvalue weighted by molar-refractivity contribution is -0.146. The molecule has 0 saturated heterocycles. The molecule has 23 heavy (non-hydrogen) atoms. The van der Waals surface area contributed by atoms with Gasteiger partial charge in [0.15, 0.2) is 0 Å². The Bertz CT molecular complexity index is 604. The van der Waals surface area contributed by atoms with Gasteiger partial charge in [0, 0.05) is 13.0 Å². The van der Waals surface area contributed by atoms with E-state index in [1.165, 1.54) is 5.32 Å². The van der Waals surface area contributed by atoms with Crippen molar-refractivity contribution in [1.29, 1.82) is 0 Å². The zero-order valence-electron chi connectivity index (χ0n) is 11.9. The Labute approximate surface area is 129 Å². The highest BCUT2D eigenvalue weighted by Gasteiger charge is 2.29. The summed E-state index contributed by atoms with van der Waals surface area (Å²) in [6, 6.07) is 5.03. The van der Waals surface area contributed by atoms with E-state index in [9.17, 15) is 27.9 Å². The Morgan fingerprint density at radius 2 is 1.96 bits per heavy atom. The maximum atomic E-state index is 11.9. The summed E-state index contributed by atoms with van der Waals surface area (Å²) in [5, 5.41) is 13.5. The van der Waals surface area contributed by atoms with Crippen LogP contribution in [0.25, 0.3) is 0 Å². The number of ether oxygens (including phenoxy) is 1. The van der Waals surface area contributed by atoms with E-state index in [0.717, 1.165) is 11.3 Å². The van der Waals surface area contributed by atoms with Crippen molar-refractivity contribution in [3.8, 4) is 5.75 Å². The van der Waals surface area contributed by atoms with Crippen LogP contribution in [0.1, 0.15) is 17.2 Å². The number of rotatable bonds is 4. The molecule has 1 aliphatic heterocycles. The van der Waals surface area contributed by atoms with E-state index >= 15 is 0 Å². The molecule has 3 N–H and O–H groups in total. The molecule has 1 aromatic carbocycles. The smallest absolute Gasteiger partial charge is 0.405 e. The van der Waals surface area contributed by atoms with Crippen LogP contribution in [0.3, 0.4) is 0 Å². The van der Waals surface area contributed by atoms with Crippen LogP contribution in [0.15, 0.2) is 18.2 Å². The minimum atomic E-state index is -4.60. The minimum Gasteiger partial charge on any atom is -0.493 e. The van der Waals surface area contributed by atoms with Gasteiger partial charge in [-0.3, -0.25) is 9.59 Å². The molecule has 9 heteroatoms. The number of benzene rings is 1. The first-order chi connectivity index (χ1) is 10.8. The predicted octanol–water partition coefficient (Wildman–Crippen LogP) is 0.450. The fourth-order valence-corrected chi connectivity index (χ4v) is 2.06. The minimum absolute atomic E-state index is 0.294. The van der Waals surface area contributed by atoms with Crippen molar-refractivity contribution in [2.45, 2.75) is 18.7 Å². The summed E-state index contributed by atoms with van der Waals surface area (Å²) in [6.45, 7) is -1.32. The topological polar surface area (TPSA) is 87.7 Å². The quantitative estimate of drug-likeness (QED) is 0.699. The van der Waals surface area contributed by atoms with Crippen LogP contribution in [0.4, 0.5) is 13.2 Å². The predicted molar refractivity (Wildman–Crippen MR) is 72.7 cm³/mol. The van der Waals surface area contributed by atoms with E-state index < -0.39 is 30.6 Å². The molecule has 1 aliphatic rings. The second kappa shape index (κ2) is 6.86. The van der Waals surface area contributed by atoms with Gasteiger partial charge < -0.3 is 20.5 Å². The number of carbonyl (C=O) groups excluding carboxylic acids is 2. The first-order valence-corrected chi connectivity index (χ1v) is 6.83. The van der Waals surface area contributed by atoms with Crippen LogP contribution in [0.2, 0.25) is 0 Å². The third kappa shape index (κ3) is 4.85. The number of fused-ring (bicyclic) bond motifs is 1. The van der Waals surface area contributed by atoms with Crippen molar-refractivity contribution in [3.05, 3.63) is 29.3 Å². The Morgan fingerprint density at radius 3 is 2.65 bits per heavy atom. The highest BCUT2D eigenvalue weighted by atomic mass is 19.4. The molecule has 1 atom stereocenters. The molecule has 2 rings (SSSR count). The summed E-state index contributed by atoms with van der Waals surface area (Å²) in [5.41, 5.74) is 1.45. The van der Waals surface area contributed by atoms with Crippen molar-refractivity contribution in [3.63, 3.8) is 0 Å². The van der Waals surface area contributed by atoms with Gasteiger partial charge in [0.2, 0.25) is 0 Å². The average molecular weight is 332 g/mol. The van der Waals surface area contributed by atoms with Crippen LogP contribution < -0.4 is 15.4 Å². The Kier molecular flexibility index (Phi) is 5.09. The fraction of sp³-hybridized carbons (Fsp3) is 0.429. The van der Waals surface area contributed by atoms with E-state index in [0.29, 0.717) is 18.6 Å². The van der Waals surface area contributed by atoms with Crippen molar-refractivity contribution >= 4 is 11.8 Å². The summed E-state index contributed by atoms with van der Waals surface area (Å²) >= 11 is 0. The summed E-state index contributed by atoms with van der Waals surface area (Å²) < 4.78 is 41.1. The molecule has 0 unspecified atom stereocenters. The molecular weight excluding hydrogens is 317 g/mol. The number of amides is 2. The van der Waals surface area contributed by atoms with Crippen molar-refractivity contribution in [2.75, 3.05) is 19.7 Å². The van der Waals surface area contributed by atoms with Crippen molar-refractivity contribution in [1.82, 2.24) is 10.6 Å². The highest BCUT2D eigenvalue weighted by molar-refractivity contribution is 6.35. The molecule has 126 valence electrons. The third-order valence-corrected chi connectivity index (χ3v) is 3.21. The van der Waals surface area contributed by atoms with Gasteiger partial charge in [0.1, 0.15) is 12.3 Å². The monoisotopic (exact) mass is 332 g/mol. The number of carbonyl (C=O) groups is 2. The Hall–Kier alpha value is -2.29. The van der Waals surface area contributed by atoms with Crippen LogP contribution >= 0.6 is 0 Å². The normalized spacial score (nSPS) is 14.6. The highest BCUT2D eigenvalue weighted by Crippen LogP contribution is 2.27. The maximum Gasteiger partial charge on any atom is 0.405 e. The van der Waals surface area contributed by atoms with E-state index in [1.54, 1.807) is 18.2 Å². The Morgan fingerprint density at radius 1 is 1.26 bits per heavy atom. The summed E-state index contributed by atoms with van der Waals surface area (Å²) in [7, 11) is 0. The molecule has 0 radical (unpaired) electrons. The van der Waals surface area contributed by atoms with Crippen LogP contribution in [-0.2, 0) is 16.0 Å². The second-order valence-corrected chi connectivity index (χ2v) is 4.99. The van der Waals surface area contributed by atoms with Gasteiger partial charge in [0.05, 0.1) is 12.7 Å². The fourth-order valence-electron chi connectivity index (χ4n) is 2.06. The zero-order valence-corrected chi connectivity index (χ0v) is 11.9. The van der Waals surface area contributed by atoms with E-state index in [1.807, 2.05) is 0 Å². The summed E-state index contributed by atoms with van der Waals surface area (Å²) in [5.74, 6) is -1.91. The molecule has 6 nitrogen and oxygen atoms in total. The SMILES string of the molecule is O=C(NC[C@@H](O)c1ccc2c(c1)CCO2)C(=O)NCC(F)(F)F. The van der Waals surface area contributed by atoms with E-state index in [-0.39, 0.29) is 6.54 Å². The van der Waals surface area contributed by atoms with E-state index in [2.05, 4.69) is 5.32 Å². The first kappa shape index (κ1) is 17.1. The molecule has 2 amide bonds. The standard InChI is InChI=1S/C14H15F3N2O4/c15-14(16,17)7-19-13(22)12(21)18-6-10(20)8-1-2-11-9(5-8)3-4-23-11/h1-2,5,10,20H,3-4,6-7H2,(H,18,21)(H,19,22)/t10-/m1/s1. The number of nitrogens with one attached hydrogen (secondary N) is 2. The molecule has 0 fully saturated rings. The van der Waals surface area contributed by atoms with Crippen LogP contribution in [0.5, 0.6) is 5.75 Å². The van der Waals surface area contributed by atoms with Crippen molar-refractivity contribution < 1.29 is 32.6 Å². The van der Waals surface area contributed by atoms with E-state index in [4.69, 9.17) is 4.74 Å². The van der Waals surface area contributed by atoms with Gasteiger partial charge in [-0.25, -0.2) is 0 Å². The first-order valence-electron chi connectivity index (χ1n) is 6.83. The average Bonchev–Trinajstić information content (AvgIpc) is 2.96. The van der Waals surface area contributed by atoms with Gasteiger partial charge in [-0.1, -0.05) is 6.07 Å².